The lowest BCUT2D eigenvalue weighted by molar-refractivity contribution is -0.0175. The van der Waals surface area contributed by atoms with Crippen LogP contribution in [-0.4, -0.2) is 61.7 Å². The molecule has 1 aromatic heterocycles. The molecule has 1 aromatic rings. The van der Waals surface area contributed by atoms with Crippen molar-refractivity contribution in [2.45, 2.75) is 13.0 Å². The molecule has 1 amide bonds. The Hall–Kier alpha value is -1.37. The molecule has 21 heavy (non-hydrogen) atoms. The SMILES string of the molecule is CCNc1cc(C(=O)NCC2CN(C)CCO2)c(Cl)cn1. The molecule has 1 fully saturated rings. The summed E-state index contributed by atoms with van der Waals surface area (Å²) < 4.78 is 5.61. The van der Waals surface area contributed by atoms with Crippen LogP contribution in [0, 0.1) is 0 Å². The molecule has 1 atom stereocenters. The highest BCUT2D eigenvalue weighted by Gasteiger charge is 2.19. The minimum atomic E-state index is -0.210. The minimum Gasteiger partial charge on any atom is -0.374 e. The minimum absolute atomic E-state index is 0.0153. The summed E-state index contributed by atoms with van der Waals surface area (Å²) in [6, 6.07) is 1.66. The van der Waals surface area contributed by atoms with Crippen molar-refractivity contribution in [3.05, 3.63) is 22.8 Å². The third-order valence-corrected chi connectivity index (χ3v) is 3.59. The number of likely N-dealkylation sites (N-methyl/N-ethyl adjacent to an activating group) is 1. The van der Waals surface area contributed by atoms with Crippen LogP contribution in [0.5, 0.6) is 0 Å². The third kappa shape index (κ3) is 4.56. The fourth-order valence-corrected chi connectivity index (χ4v) is 2.37. The zero-order chi connectivity index (χ0) is 15.2. The van der Waals surface area contributed by atoms with Crippen molar-refractivity contribution < 1.29 is 9.53 Å². The molecule has 0 aliphatic carbocycles. The molecule has 1 aliphatic heterocycles. The average Bonchev–Trinajstić information content (AvgIpc) is 2.47. The molecule has 1 unspecified atom stereocenters. The number of pyridine rings is 1. The molecule has 0 bridgehead atoms. The Morgan fingerprint density at radius 1 is 1.62 bits per heavy atom. The first kappa shape index (κ1) is 16.0. The molecular weight excluding hydrogens is 292 g/mol. The molecular formula is C14H21ClN4O2. The van der Waals surface area contributed by atoms with Crippen molar-refractivity contribution in [2.24, 2.45) is 0 Å². The maximum Gasteiger partial charge on any atom is 0.253 e. The van der Waals surface area contributed by atoms with Gasteiger partial charge in [0.25, 0.3) is 5.91 Å². The van der Waals surface area contributed by atoms with Gasteiger partial charge in [0.05, 0.1) is 23.3 Å². The number of amides is 1. The van der Waals surface area contributed by atoms with Crippen molar-refractivity contribution >= 4 is 23.3 Å². The Balaban J connectivity index is 1.94. The summed E-state index contributed by atoms with van der Waals surface area (Å²) in [5.41, 5.74) is 0.423. The normalized spacial score (nSPS) is 19.3. The van der Waals surface area contributed by atoms with Crippen LogP contribution in [0.25, 0.3) is 0 Å². The van der Waals surface area contributed by atoms with E-state index in [4.69, 9.17) is 16.3 Å². The highest BCUT2D eigenvalue weighted by Crippen LogP contribution is 2.18. The van der Waals surface area contributed by atoms with Crippen molar-refractivity contribution in [3.63, 3.8) is 0 Å². The number of carbonyl (C=O) groups is 1. The smallest absolute Gasteiger partial charge is 0.253 e. The molecule has 0 aromatic carbocycles. The number of rotatable bonds is 5. The number of hydrogen-bond acceptors (Lipinski definition) is 5. The second-order valence-corrected chi connectivity index (χ2v) is 5.45. The lowest BCUT2D eigenvalue weighted by Crippen LogP contribution is -2.45. The van der Waals surface area contributed by atoms with E-state index in [9.17, 15) is 4.79 Å². The van der Waals surface area contributed by atoms with Gasteiger partial charge in [-0.25, -0.2) is 4.98 Å². The van der Waals surface area contributed by atoms with Gasteiger partial charge < -0.3 is 20.3 Å². The van der Waals surface area contributed by atoms with Gasteiger partial charge in [0.15, 0.2) is 0 Å². The fourth-order valence-electron chi connectivity index (χ4n) is 2.18. The summed E-state index contributed by atoms with van der Waals surface area (Å²) in [4.78, 5) is 18.5. The van der Waals surface area contributed by atoms with Gasteiger partial charge in [0.1, 0.15) is 5.82 Å². The second kappa shape index (κ2) is 7.59. The van der Waals surface area contributed by atoms with Gasteiger partial charge >= 0.3 is 0 Å². The van der Waals surface area contributed by atoms with E-state index < -0.39 is 0 Å². The van der Waals surface area contributed by atoms with Gasteiger partial charge in [0, 0.05) is 32.4 Å². The Kier molecular flexibility index (Phi) is 5.78. The zero-order valence-corrected chi connectivity index (χ0v) is 13.1. The summed E-state index contributed by atoms with van der Waals surface area (Å²) in [7, 11) is 2.04. The molecule has 0 saturated carbocycles. The van der Waals surface area contributed by atoms with E-state index in [0.29, 0.717) is 29.6 Å². The van der Waals surface area contributed by atoms with Crippen LogP contribution < -0.4 is 10.6 Å². The second-order valence-electron chi connectivity index (χ2n) is 5.04. The zero-order valence-electron chi connectivity index (χ0n) is 12.4. The van der Waals surface area contributed by atoms with Gasteiger partial charge in [-0.3, -0.25) is 4.79 Å². The monoisotopic (exact) mass is 312 g/mol. The van der Waals surface area contributed by atoms with Crippen LogP contribution >= 0.6 is 11.6 Å². The Morgan fingerprint density at radius 2 is 2.43 bits per heavy atom. The summed E-state index contributed by atoms with van der Waals surface area (Å²) >= 11 is 6.05. The third-order valence-electron chi connectivity index (χ3n) is 3.29. The van der Waals surface area contributed by atoms with E-state index in [1.54, 1.807) is 6.07 Å². The summed E-state index contributed by atoms with van der Waals surface area (Å²) in [5, 5.41) is 6.27. The van der Waals surface area contributed by atoms with Crippen LogP contribution in [0.3, 0.4) is 0 Å². The standard InChI is InChI=1S/C14H21ClN4O2/c1-3-16-13-6-11(12(15)8-17-13)14(20)18-7-10-9-19(2)4-5-21-10/h6,8,10H,3-5,7,9H2,1-2H3,(H,16,17)(H,18,20). The molecule has 2 rings (SSSR count). The van der Waals surface area contributed by atoms with Crippen LogP contribution in [0.15, 0.2) is 12.3 Å². The van der Waals surface area contributed by atoms with Gasteiger partial charge in [-0.1, -0.05) is 11.6 Å². The maximum atomic E-state index is 12.2. The van der Waals surface area contributed by atoms with Crippen LogP contribution in [0.1, 0.15) is 17.3 Å². The Bertz CT molecular complexity index is 498. The number of halogens is 1. The van der Waals surface area contributed by atoms with Crippen molar-refractivity contribution in [1.29, 1.82) is 0 Å². The van der Waals surface area contributed by atoms with Gasteiger partial charge in [0.2, 0.25) is 0 Å². The van der Waals surface area contributed by atoms with Crippen molar-refractivity contribution in [3.8, 4) is 0 Å². The van der Waals surface area contributed by atoms with E-state index in [1.807, 2.05) is 14.0 Å². The summed E-state index contributed by atoms with van der Waals surface area (Å²) in [6.45, 7) is 5.60. The molecule has 2 heterocycles. The number of aromatic nitrogens is 1. The van der Waals surface area contributed by atoms with E-state index in [0.717, 1.165) is 19.6 Å². The first-order valence-corrected chi connectivity index (χ1v) is 7.45. The molecule has 2 N–H and O–H groups in total. The predicted molar refractivity (Wildman–Crippen MR) is 83.0 cm³/mol. The highest BCUT2D eigenvalue weighted by molar-refractivity contribution is 6.33. The molecule has 116 valence electrons. The lowest BCUT2D eigenvalue weighted by Gasteiger charge is -2.30. The number of nitrogens with zero attached hydrogens (tertiary/aromatic N) is 2. The van der Waals surface area contributed by atoms with Crippen LogP contribution in [0.4, 0.5) is 5.82 Å². The first-order chi connectivity index (χ1) is 10.1. The molecule has 1 saturated heterocycles. The van der Waals surface area contributed by atoms with Crippen LogP contribution in [-0.2, 0) is 4.74 Å². The number of carbonyl (C=O) groups excluding carboxylic acids is 1. The molecule has 6 nitrogen and oxygen atoms in total. The lowest BCUT2D eigenvalue weighted by atomic mass is 10.2. The van der Waals surface area contributed by atoms with Crippen molar-refractivity contribution in [1.82, 2.24) is 15.2 Å². The maximum absolute atomic E-state index is 12.2. The quantitative estimate of drug-likeness (QED) is 0.856. The number of nitrogens with one attached hydrogen (secondary N) is 2. The number of hydrogen-bond donors (Lipinski definition) is 2. The van der Waals surface area contributed by atoms with Gasteiger partial charge in [-0.2, -0.15) is 0 Å². The highest BCUT2D eigenvalue weighted by atomic mass is 35.5. The predicted octanol–water partition coefficient (Wildman–Crippen LogP) is 1.23. The van der Waals surface area contributed by atoms with E-state index >= 15 is 0 Å². The van der Waals surface area contributed by atoms with E-state index in [-0.39, 0.29) is 12.0 Å². The summed E-state index contributed by atoms with van der Waals surface area (Å²) in [6.07, 6.45) is 1.50. The van der Waals surface area contributed by atoms with Gasteiger partial charge in [-0.05, 0) is 20.0 Å². The summed E-state index contributed by atoms with van der Waals surface area (Å²) in [5.74, 6) is 0.430. The number of anilines is 1. The van der Waals surface area contributed by atoms with Crippen molar-refractivity contribution in [2.75, 3.05) is 45.2 Å². The van der Waals surface area contributed by atoms with E-state index in [1.165, 1.54) is 6.20 Å². The number of morpholine rings is 1. The Labute approximate surface area is 129 Å². The largest absolute Gasteiger partial charge is 0.374 e. The Morgan fingerprint density at radius 3 is 3.14 bits per heavy atom. The van der Waals surface area contributed by atoms with Crippen LogP contribution in [0.2, 0.25) is 5.02 Å². The molecule has 7 heteroatoms. The molecule has 0 radical (unpaired) electrons. The van der Waals surface area contributed by atoms with Gasteiger partial charge in [-0.15, -0.1) is 0 Å². The molecule has 1 aliphatic rings. The molecule has 0 spiro atoms. The number of ether oxygens (including phenoxy) is 1. The fraction of sp³-hybridized carbons (Fsp3) is 0.571. The first-order valence-electron chi connectivity index (χ1n) is 7.08. The topological polar surface area (TPSA) is 66.5 Å². The average molecular weight is 313 g/mol. The van der Waals surface area contributed by atoms with E-state index in [2.05, 4.69) is 20.5 Å².